The minimum atomic E-state index is -0.341. The molecule has 0 aromatic rings. The van der Waals surface area contributed by atoms with Crippen LogP contribution in [0.5, 0.6) is 0 Å². The first-order chi connectivity index (χ1) is 8.61. The van der Waals surface area contributed by atoms with Crippen molar-refractivity contribution in [3.8, 4) is 0 Å². The van der Waals surface area contributed by atoms with Crippen molar-refractivity contribution < 1.29 is 9.59 Å². The SMILES string of the molecule is C=C(CNC1CC1)CN1C(=O)NC(CCC)C1=O. The molecule has 0 aromatic carbocycles. The molecule has 1 aliphatic carbocycles. The number of nitrogens with zero attached hydrogens (tertiary/aromatic N) is 1. The second kappa shape index (κ2) is 5.52. The van der Waals surface area contributed by atoms with Crippen LogP contribution in [0.25, 0.3) is 0 Å². The van der Waals surface area contributed by atoms with Crippen molar-refractivity contribution in [2.24, 2.45) is 0 Å². The molecule has 1 saturated carbocycles. The fourth-order valence-corrected chi connectivity index (χ4v) is 2.07. The van der Waals surface area contributed by atoms with E-state index in [1.807, 2.05) is 6.92 Å². The predicted octanol–water partition coefficient (Wildman–Crippen LogP) is 1.02. The average molecular weight is 251 g/mol. The zero-order valence-electron chi connectivity index (χ0n) is 10.9. The molecule has 0 spiro atoms. The Morgan fingerprint density at radius 2 is 2.22 bits per heavy atom. The first-order valence-corrected chi connectivity index (χ1v) is 6.63. The number of hydrogen-bond acceptors (Lipinski definition) is 3. The highest BCUT2D eigenvalue weighted by molar-refractivity contribution is 6.04. The highest BCUT2D eigenvalue weighted by Crippen LogP contribution is 2.19. The minimum Gasteiger partial charge on any atom is -0.326 e. The van der Waals surface area contributed by atoms with Crippen LogP contribution in [0.1, 0.15) is 32.6 Å². The molecule has 0 aromatic heterocycles. The Bertz CT molecular complexity index is 363. The largest absolute Gasteiger partial charge is 0.326 e. The highest BCUT2D eigenvalue weighted by atomic mass is 16.2. The molecule has 0 bridgehead atoms. The number of nitrogens with one attached hydrogen (secondary N) is 2. The molecule has 2 fully saturated rings. The maximum atomic E-state index is 12.0. The summed E-state index contributed by atoms with van der Waals surface area (Å²) < 4.78 is 0. The van der Waals surface area contributed by atoms with Crippen LogP contribution in [0.2, 0.25) is 0 Å². The van der Waals surface area contributed by atoms with Gasteiger partial charge in [0.15, 0.2) is 0 Å². The third kappa shape index (κ3) is 3.10. The third-order valence-electron chi connectivity index (χ3n) is 3.28. The number of amides is 3. The molecule has 1 unspecified atom stereocenters. The van der Waals surface area contributed by atoms with E-state index in [1.54, 1.807) is 0 Å². The highest BCUT2D eigenvalue weighted by Gasteiger charge is 2.37. The standard InChI is InChI=1S/C13H21N3O2/c1-3-4-11-12(17)16(13(18)15-11)8-9(2)7-14-10-5-6-10/h10-11,14H,2-8H2,1H3,(H,15,18). The fraction of sp³-hybridized carbons (Fsp3) is 0.692. The van der Waals surface area contributed by atoms with E-state index in [0.29, 0.717) is 25.6 Å². The molecule has 1 aliphatic heterocycles. The number of hydrogen-bond donors (Lipinski definition) is 2. The Balaban J connectivity index is 1.81. The maximum Gasteiger partial charge on any atom is 0.325 e. The molecule has 2 aliphatic rings. The van der Waals surface area contributed by atoms with Crippen molar-refractivity contribution in [1.82, 2.24) is 15.5 Å². The lowest BCUT2D eigenvalue weighted by Gasteiger charge is -2.15. The molecule has 18 heavy (non-hydrogen) atoms. The fourth-order valence-electron chi connectivity index (χ4n) is 2.07. The second-order valence-corrected chi connectivity index (χ2v) is 5.12. The summed E-state index contributed by atoms with van der Waals surface area (Å²) in [6.45, 7) is 6.93. The molecule has 1 heterocycles. The predicted molar refractivity (Wildman–Crippen MR) is 69.1 cm³/mol. The smallest absolute Gasteiger partial charge is 0.325 e. The summed E-state index contributed by atoms with van der Waals surface area (Å²) in [5, 5.41) is 6.04. The molecule has 1 saturated heterocycles. The van der Waals surface area contributed by atoms with Crippen LogP contribution in [0.3, 0.4) is 0 Å². The van der Waals surface area contributed by atoms with Gasteiger partial charge in [-0.2, -0.15) is 0 Å². The van der Waals surface area contributed by atoms with E-state index in [9.17, 15) is 9.59 Å². The summed E-state index contributed by atoms with van der Waals surface area (Å²) in [5.74, 6) is -0.116. The molecule has 5 heteroatoms. The Hall–Kier alpha value is -1.36. The van der Waals surface area contributed by atoms with Gasteiger partial charge in [-0.1, -0.05) is 19.9 Å². The van der Waals surface area contributed by atoms with Crippen LogP contribution in [-0.4, -0.2) is 42.0 Å². The molecular formula is C13H21N3O2. The van der Waals surface area contributed by atoms with E-state index in [2.05, 4.69) is 17.2 Å². The number of carbonyl (C=O) groups excluding carboxylic acids is 2. The van der Waals surface area contributed by atoms with Gasteiger partial charge in [0.25, 0.3) is 5.91 Å². The second-order valence-electron chi connectivity index (χ2n) is 5.12. The Morgan fingerprint density at radius 1 is 1.50 bits per heavy atom. The maximum absolute atomic E-state index is 12.0. The molecule has 2 N–H and O–H groups in total. The van der Waals surface area contributed by atoms with Gasteiger partial charge in [0.2, 0.25) is 0 Å². The van der Waals surface area contributed by atoms with Gasteiger partial charge in [0.05, 0.1) is 6.54 Å². The zero-order chi connectivity index (χ0) is 13.1. The third-order valence-corrected chi connectivity index (χ3v) is 3.28. The summed E-state index contributed by atoms with van der Waals surface area (Å²) in [7, 11) is 0. The van der Waals surface area contributed by atoms with E-state index >= 15 is 0 Å². The van der Waals surface area contributed by atoms with Crippen LogP contribution in [0.15, 0.2) is 12.2 Å². The van der Waals surface area contributed by atoms with E-state index in [0.717, 1.165) is 12.0 Å². The molecule has 1 atom stereocenters. The molecule has 100 valence electrons. The summed E-state index contributed by atoms with van der Waals surface area (Å²) >= 11 is 0. The van der Waals surface area contributed by atoms with Crippen molar-refractivity contribution in [3.05, 3.63) is 12.2 Å². The van der Waals surface area contributed by atoms with E-state index in [4.69, 9.17) is 0 Å². The Morgan fingerprint density at radius 3 is 2.83 bits per heavy atom. The number of rotatable bonds is 7. The van der Waals surface area contributed by atoms with Crippen LogP contribution >= 0.6 is 0 Å². The molecular weight excluding hydrogens is 230 g/mol. The molecule has 3 amide bonds. The number of imide groups is 1. The van der Waals surface area contributed by atoms with Gasteiger partial charge < -0.3 is 10.6 Å². The molecule has 2 rings (SSSR count). The van der Waals surface area contributed by atoms with Gasteiger partial charge in [-0.05, 0) is 24.8 Å². The monoisotopic (exact) mass is 251 g/mol. The zero-order valence-corrected chi connectivity index (χ0v) is 10.9. The lowest BCUT2D eigenvalue weighted by molar-refractivity contribution is -0.127. The first kappa shape index (κ1) is 13.1. The minimum absolute atomic E-state index is 0.116. The van der Waals surface area contributed by atoms with Gasteiger partial charge in [0, 0.05) is 12.6 Å². The van der Waals surface area contributed by atoms with Crippen molar-refractivity contribution in [3.63, 3.8) is 0 Å². The van der Waals surface area contributed by atoms with Gasteiger partial charge in [-0.3, -0.25) is 9.69 Å². The van der Waals surface area contributed by atoms with Crippen molar-refractivity contribution in [2.45, 2.75) is 44.7 Å². The lowest BCUT2D eigenvalue weighted by Crippen LogP contribution is -2.35. The van der Waals surface area contributed by atoms with Crippen LogP contribution in [-0.2, 0) is 4.79 Å². The van der Waals surface area contributed by atoms with Crippen LogP contribution in [0, 0.1) is 0 Å². The topological polar surface area (TPSA) is 61.4 Å². The summed E-state index contributed by atoms with van der Waals surface area (Å²) in [4.78, 5) is 24.9. The summed E-state index contributed by atoms with van der Waals surface area (Å²) in [6, 6.07) is -0.0181. The van der Waals surface area contributed by atoms with Gasteiger partial charge in [-0.25, -0.2) is 4.79 Å². The van der Waals surface area contributed by atoms with E-state index in [1.165, 1.54) is 17.7 Å². The Kier molecular flexibility index (Phi) is 4.01. The number of urea groups is 1. The van der Waals surface area contributed by atoms with Gasteiger partial charge in [-0.15, -0.1) is 0 Å². The normalized spacial score (nSPS) is 23.4. The average Bonchev–Trinajstić information content (AvgIpc) is 3.12. The van der Waals surface area contributed by atoms with Gasteiger partial charge in [0.1, 0.15) is 6.04 Å². The first-order valence-electron chi connectivity index (χ1n) is 6.63. The van der Waals surface area contributed by atoms with Crippen molar-refractivity contribution >= 4 is 11.9 Å². The number of carbonyl (C=O) groups is 2. The van der Waals surface area contributed by atoms with Crippen molar-refractivity contribution in [1.29, 1.82) is 0 Å². The van der Waals surface area contributed by atoms with Gasteiger partial charge >= 0.3 is 6.03 Å². The molecule has 0 radical (unpaired) electrons. The summed E-state index contributed by atoms with van der Waals surface area (Å²) in [6.07, 6.45) is 4.02. The lowest BCUT2D eigenvalue weighted by atomic mass is 10.1. The quantitative estimate of drug-likeness (QED) is 0.524. The Labute approximate surface area is 108 Å². The molecule has 5 nitrogen and oxygen atoms in total. The van der Waals surface area contributed by atoms with E-state index < -0.39 is 0 Å². The van der Waals surface area contributed by atoms with Crippen LogP contribution < -0.4 is 10.6 Å². The van der Waals surface area contributed by atoms with E-state index in [-0.39, 0.29) is 18.0 Å². The summed E-state index contributed by atoms with van der Waals surface area (Å²) in [5.41, 5.74) is 0.877. The van der Waals surface area contributed by atoms with Crippen molar-refractivity contribution in [2.75, 3.05) is 13.1 Å². The van der Waals surface area contributed by atoms with Crippen LogP contribution in [0.4, 0.5) is 4.79 Å².